The second-order valence-corrected chi connectivity index (χ2v) is 7.21. The number of rotatable bonds is 6. The summed E-state index contributed by atoms with van der Waals surface area (Å²) < 4.78 is 22.1. The molecular formula is C20H18ClFN6O2. The van der Waals surface area contributed by atoms with Crippen LogP contribution in [0, 0.1) is 19.7 Å². The normalized spacial score (nSPS) is 11.1. The Bertz CT molecular complexity index is 1210. The lowest BCUT2D eigenvalue weighted by molar-refractivity contribution is 0.0993. The molecule has 0 aliphatic heterocycles. The summed E-state index contributed by atoms with van der Waals surface area (Å²) >= 11 is 6.03. The minimum Gasteiger partial charge on any atom is -0.454 e. The SMILES string of the molecule is Cc1cc(C)n(Cc2ccc(C(=O)Nc3ncn(Cc4ccc(F)cc4Cl)n3)o2)n1. The number of halogens is 2. The van der Waals surface area contributed by atoms with Crippen molar-refractivity contribution in [2.75, 3.05) is 5.32 Å². The summed E-state index contributed by atoms with van der Waals surface area (Å²) in [6.07, 6.45) is 1.45. The van der Waals surface area contributed by atoms with E-state index < -0.39 is 11.7 Å². The third-order valence-corrected chi connectivity index (χ3v) is 4.76. The zero-order valence-electron chi connectivity index (χ0n) is 16.3. The van der Waals surface area contributed by atoms with E-state index in [0.717, 1.165) is 11.4 Å². The van der Waals surface area contributed by atoms with Gasteiger partial charge in [0.25, 0.3) is 5.91 Å². The number of aryl methyl sites for hydroxylation is 2. The zero-order valence-corrected chi connectivity index (χ0v) is 17.0. The Balaban J connectivity index is 1.40. The highest BCUT2D eigenvalue weighted by Gasteiger charge is 2.15. The average molecular weight is 429 g/mol. The lowest BCUT2D eigenvalue weighted by Crippen LogP contribution is -2.13. The molecule has 0 aliphatic carbocycles. The van der Waals surface area contributed by atoms with Crippen LogP contribution in [0.2, 0.25) is 5.02 Å². The number of carbonyl (C=O) groups is 1. The van der Waals surface area contributed by atoms with Crippen molar-refractivity contribution in [2.24, 2.45) is 0 Å². The second-order valence-electron chi connectivity index (χ2n) is 6.81. The van der Waals surface area contributed by atoms with Crippen molar-refractivity contribution in [3.8, 4) is 0 Å². The Morgan fingerprint density at radius 2 is 2.00 bits per heavy atom. The van der Waals surface area contributed by atoms with Crippen LogP contribution in [0.25, 0.3) is 0 Å². The van der Waals surface area contributed by atoms with E-state index in [1.807, 2.05) is 19.9 Å². The van der Waals surface area contributed by atoms with E-state index in [2.05, 4.69) is 20.5 Å². The summed E-state index contributed by atoms with van der Waals surface area (Å²) in [5, 5.41) is 11.5. The molecule has 0 fully saturated rings. The molecule has 0 unspecified atom stereocenters. The highest BCUT2D eigenvalue weighted by molar-refractivity contribution is 6.31. The molecule has 8 nitrogen and oxygen atoms in total. The molecule has 0 aliphatic rings. The van der Waals surface area contributed by atoms with Gasteiger partial charge >= 0.3 is 0 Å². The van der Waals surface area contributed by atoms with Gasteiger partial charge < -0.3 is 4.42 Å². The molecule has 3 aromatic heterocycles. The van der Waals surface area contributed by atoms with E-state index in [1.54, 1.807) is 22.9 Å². The van der Waals surface area contributed by atoms with Crippen molar-refractivity contribution in [2.45, 2.75) is 26.9 Å². The molecule has 0 saturated carbocycles. The number of amides is 1. The predicted molar refractivity (Wildman–Crippen MR) is 108 cm³/mol. The first-order chi connectivity index (χ1) is 14.4. The molecule has 1 aromatic carbocycles. The number of carbonyl (C=O) groups excluding carboxylic acids is 1. The van der Waals surface area contributed by atoms with Crippen molar-refractivity contribution in [3.05, 3.63) is 82.0 Å². The van der Waals surface area contributed by atoms with Crippen LogP contribution in [0.5, 0.6) is 0 Å². The molecule has 10 heteroatoms. The summed E-state index contributed by atoms with van der Waals surface area (Å²) in [6.45, 7) is 4.59. The molecule has 0 saturated heterocycles. The Labute approximate surface area is 176 Å². The molecule has 0 bridgehead atoms. The molecule has 4 aromatic rings. The maximum atomic E-state index is 13.2. The molecule has 4 rings (SSSR count). The number of anilines is 1. The average Bonchev–Trinajstić information content (AvgIpc) is 3.39. The van der Waals surface area contributed by atoms with Gasteiger partial charge in [-0.25, -0.2) is 14.1 Å². The Morgan fingerprint density at radius 1 is 1.17 bits per heavy atom. The minimum absolute atomic E-state index is 0.120. The van der Waals surface area contributed by atoms with Crippen LogP contribution in [0.15, 0.2) is 47.1 Å². The van der Waals surface area contributed by atoms with Crippen LogP contribution < -0.4 is 5.32 Å². The van der Waals surface area contributed by atoms with Crippen molar-refractivity contribution in [3.63, 3.8) is 0 Å². The zero-order chi connectivity index (χ0) is 21.3. The van der Waals surface area contributed by atoms with E-state index in [0.29, 0.717) is 22.9 Å². The highest BCUT2D eigenvalue weighted by Crippen LogP contribution is 2.18. The second kappa shape index (κ2) is 8.11. The van der Waals surface area contributed by atoms with E-state index in [-0.39, 0.29) is 18.3 Å². The molecular weight excluding hydrogens is 411 g/mol. The van der Waals surface area contributed by atoms with Gasteiger partial charge in [0.1, 0.15) is 17.9 Å². The first kappa shape index (κ1) is 19.8. The smallest absolute Gasteiger partial charge is 0.293 e. The maximum absolute atomic E-state index is 13.2. The first-order valence-electron chi connectivity index (χ1n) is 9.12. The van der Waals surface area contributed by atoms with E-state index >= 15 is 0 Å². The van der Waals surface area contributed by atoms with Crippen molar-refractivity contribution in [1.29, 1.82) is 0 Å². The summed E-state index contributed by atoms with van der Waals surface area (Å²) in [6, 6.07) is 9.42. The van der Waals surface area contributed by atoms with Crippen LogP contribution >= 0.6 is 11.6 Å². The van der Waals surface area contributed by atoms with Crippen molar-refractivity contribution < 1.29 is 13.6 Å². The lowest BCUT2D eigenvalue weighted by atomic mass is 10.2. The summed E-state index contributed by atoms with van der Waals surface area (Å²) in [5.41, 5.74) is 2.60. The summed E-state index contributed by atoms with van der Waals surface area (Å²) in [4.78, 5) is 16.5. The van der Waals surface area contributed by atoms with Crippen LogP contribution in [-0.2, 0) is 13.1 Å². The van der Waals surface area contributed by atoms with Gasteiger partial charge in [-0.2, -0.15) is 5.10 Å². The molecule has 0 radical (unpaired) electrons. The highest BCUT2D eigenvalue weighted by atomic mass is 35.5. The lowest BCUT2D eigenvalue weighted by Gasteiger charge is -2.04. The number of furan rings is 1. The molecule has 0 spiro atoms. The number of benzene rings is 1. The van der Waals surface area contributed by atoms with Crippen molar-refractivity contribution >= 4 is 23.5 Å². The third kappa shape index (κ3) is 4.41. The largest absolute Gasteiger partial charge is 0.454 e. The number of hydrogen-bond acceptors (Lipinski definition) is 5. The molecule has 0 atom stereocenters. The molecule has 154 valence electrons. The number of nitrogens with one attached hydrogen (secondary N) is 1. The predicted octanol–water partition coefficient (Wildman–Crippen LogP) is 3.83. The van der Waals surface area contributed by atoms with Gasteiger partial charge in [-0.15, -0.1) is 5.10 Å². The number of nitrogens with zero attached hydrogens (tertiary/aromatic N) is 5. The maximum Gasteiger partial charge on any atom is 0.293 e. The quantitative estimate of drug-likeness (QED) is 0.504. The monoisotopic (exact) mass is 428 g/mol. The van der Waals surface area contributed by atoms with Gasteiger partial charge in [-0.05, 0) is 49.7 Å². The molecule has 3 heterocycles. The number of hydrogen-bond donors (Lipinski definition) is 1. The van der Waals surface area contributed by atoms with Crippen LogP contribution in [-0.4, -0.2) is 30.5 Å². The summed E-state index contributed by atoms with van der Waals surface area (Å²) in [7, 11) is 0. The fourth-order valence-corrected chi connectivity index (χ4v) is 3.21. The third-order valence-electron chi connectivity index (χ3n) is 4.40. The standard InChI is InChI=1S/C20H18ClFN6O2/c1-12-7-13(2)28(25-12)10-16-5-6-18(30-16)19(29)24-20-23-11-27(26-20)9-14-3-4-15(22)8-17(14)21/h3-8,11H,9-10H2,1-2H3,(H,24,26,29). The van der Waals surface area contributed by atoms with Gasteiger partial charge in [0.15, 0.2) is 5.76 Å². The fraction of sp³-hybridized carbons (Fsp3) is 0.200. The molecule has 1 amide bonds. The van der Waals surface area contributed by atoms with Gasteiger partial charge in [0.2, 0.25) is 5.95 Å². The molecule has 30 heavy (non-hydrogen) atoms. The van der Waals surface area contributed by atoms with Gasteiger partial charge in [0.05, 0.1) is 18.8 Å². The van der Waals surface area contributed by atoms with Crippen molar-refractivity contribution in [1.82, 2.24) is 24.5 Å². The van der Waals surface area contributed by atoms with E-state index in [4.69, 9.17) is 16.0 Å². The molecule has 1 N–H and O–H groups in total. The first-order valence-corrected chi connectivity index (χ1v) is 9.49. The topological polar surface area (TPSA) is 90.8 Å². The van der Waals surface area contributed by atoms with Gasteiger partial charge in [-0.3, -0.25) is 14.8 Å². The van der Waals surface area contributed by atoms with Gasteiger partial charge in [-0.1, -0.05) is 17.7 Å². The van der Waals surface area contributed by atoms with Crippen LogP contribution in [0.4, 0.5) is 10.3 Å². The van der Waals surface area contributed by atoms with Gasteiger partial charge in [0, 0.05) is 10.7 Å². The van der Waals surface area contributed by atoms with E-state index in [9.17, 15) is 9.18 Å². The fourth-order valence-electron chi connectivity index (χ4n) is 2.98. The van der Waals surface area contributed by atoms with Crippen LogP contribution in [0.3, 0.4) is 0 Å². The Kier molecular flexibility index (Phi) is 5.37. The Hall–Kier alpha value is -3.46. The van der Waals surface area contributed by atoms with E-state index in [1.165, 1.54) is 23.1 Å². The minimum atomic E-state index is -0.466. The Morgan fingerprint density at radius 3 is 2.73 bits per heavy atom. The summed E-state index contributed by atoms with van der Waals surface area (Å²) in [5.74, 6) is -0.00637. The van der Waals surface area contributed by atoms with Crippen LogP contribution in [0.1, 0.15) is 33.3 Å². The number of aromatic nitrogens is 5.